The lowest BCUT2D eigenvalue weighted by molar-refractivity contribution is 0.426. The van der Waals surface area contributed by atoms with E-state index in [1.807, 2.05) is 23.6 Å². The molecular formula is C16H13N5OS3. The van der Waals surface area contributed by atoms with Crippen LogP contribution in [0, 0.1) is 0 Å². The van der Waals surface area contributed by atoms with E-state index in [1.54, 1.807) is 34.4 Å². The predicted octanol–water partition coefficient (Wildman–Crippen LogP) is 4.75. The first-order valence-electron chi connectivity index (χ1n) is 7.86. The monoisotopic (exact) mass is 387 g/mol. The lowest BCUT2D eigenvalue weighted by Crippen LogP contribution is -1.99. The maximum Gasteiger partial charge on any atom is 0.268 e. The van der Waals surface area contributed by atoms with Crippen LogP contribution < -0.4 is 0 Å². The van der Waals surface area contributed by atoms with Crippen LogP contribution in [0.15, 0.2) is 44.7 Å². The number of nitrogens with zero attached hydrogens (tertiary/aromatic N) is 5. The molecule has 0 unspecified atom stereocenters. The van der Waals surface area contributed by atoms with Gasteiger partial charge in [-0.05, 0) is 35.7 Å². The third-order valence-corrected chi connectivity index (χ3v) is 6.51. The largest absolute Gasteiger partial charge is 0.333 e. The summed E-state index contributed by atoms with van der Waals surface area (Å²) in [5.41, 5.74) is 0. The van der Waals surface area contributed by atoms with E-state index in [0.29, 0.717) is 23.5 Å². The van der Waals surface area contributed by atoms with Gasteiger partial charge < -0.3 is 4.52 Å². The minimum atomic E-state index is 0.515. The van der Waals surface area contributed by atoms with E-state index in [2.05, 4.69) is 36.4 Å². The van der Waals surface area contributed by atoms with Gasteiger partial charge in [0, 0.05) is 6.04 Å². The molecule has 1 aliphatic carbocycles. The van der Waals surface area contributed by atoms with Gasteiger partial charge in [-0.2, -0.15) is 4.98 Å². The maximum absolute atomic E-state index is 5.35. The van der Waals surface area contributed by atoms with E-state index >= 15 is 0 Å². The summed E-state index contributed by atoms with van der Waals surface area (Å²) in [4.78, 5) is 6.62. The summed E-state index contributed by atoms with van der Waals surface area (Å²) < 4.78 is 7.61. The Morgan fingerprint density at radius 3 is 2.64 bits per heavy atom. The quantitative estimate of drug-likeness (QED) is 0.445. The highest BCUT2D eigenvalue weighted by molar-refractivity contribution is 7.98. The van der Waals surface area contributed by atoms with Crippen LogP contribution >= 0.6 is 34.4 Å². The second-order valence-electron chi connectivity index (χ2n) is 5.67. The van der Waals surface area contributed by atoms with Gasteiger partial charge in [0.05, 0.1) is 15.5 Å². The Hall–Kier alpha value is -1.97. The van der Waals surface area contributed by atoms with Gasteiger partial charge in [0.15, 0.2) is 16.8 Å². The highest BCUT2D eigenvalue weighted by atomic mass is 32.2. The van der Waals surface area contributed by atoms with Crippen molar-refractivity contribution in [3.05, 3.63) is 40.8 Å². The van der Waals surface area contributed by atoms with Crippen molar-refractivity contribution in [3.63, 3.8) is 0 Å². The minimum Gasteiger partial charge on any atom is -0.333 e. The van der Waals surface area contributed by atoms with Gasteiger partial charge in [0.2, 0.25) is 0 Å². The molecule has 0 radical (unpaired) electrons. The molecule has 1 aliphatic rings. The normalized spacial score (nSPS) is 14.2. The van der Waals surface area contributed by atoms with Gasteiger partial charge in [-0.15, -0.1) is 32.9 Å². The molecule has 1 saturated carbocycles. The lowest BCUT2D eigenvalue weighted by atomic mass is 10.4. The molecule has 0 atom stereocenters. The van der Waals surface area contributed by atoms with Gasteiger partial charge in [-0.1, -0.05) is 29.1 Å². The first-order valence-corrected chi connectivity index (χ1v) is 10.6. The fraction of sp³-hybridized carbons (Fsp3) is 0.250. The molecule has 126 valence electrons. The molecule has 0 bridgehead atoms. The van der Waals surface area contributed by atoms with Gasteiger partial charge in [0.25, 0.3) is 5.89 Å². The molecule has 4 heterocycles. The van der Waals surface area contributed by atoms with Crippen LogP contribution in [-0.4, -0.2) is 24.9 Å². The molecule has 25 heavy (non-hydrogen) atoms. The smallest absolute Gasteiger partial charge is 0.268 e. The van der Waals surface area contributed by atoms with Crippen LogP contribution in [0.2, 0.25) is 0 Å². The molecule has 0 amide bonds. The predicted molar refractivity (Wildman–Crippen MR) is 98.8 cm³/mol. The summed E-state index contributed by atoms with van der Waals surface area (Å²) in [5.74, 6) is 2.84. The summed E-state index contributed by atoms with van der Waals surface area (Å²) in [7, 11) is 0. The van der Waals surface area contributed by atoms with Crippen LogP contribution in [0.3, 0.4) is 0 Å². The SMILES string of the molecule is c1csc(-c2nc(CSc3nnc(-c4cccs4)n3C3CC3)no2)c1. The number of hydrogen-bond donors (Lipinski definition) is 0. The zero-order valence-corrected chi connectivity index (χ0v) is 15.5. The average Bonchev–Trinajstić information content (AvgIpc) is 3.16. The summed E-state index contributed by atoms with van der Waals surface area (Å²) in [5, 5.41) is 17.9. The van der Waals surface area contributed by atoms with E-state index in [-0.39, 0.29) is 0 Å². The summed E-state index contributed by atoms with van der Waals surface area (Å²) in [6, 6.07) is 8.61. The Bertz CT molecular complexity index is 970. The highest BCUT2D eigenvalue weighted by Gasteiger charge is 2.30. The molecule has 0 aromatic carbocycles. The fourth-order valence-corrected chi connectivity index (χ4v) is 4.75. The summed E-state index contributed by atoms with van der Waals surface area (Å²) in [6.45, 7) is 0. The minimum absolute atomic E-state index is 0.515. The summed E-state index contributed by atoms with van der Waals surface area (Å²) in [6.07, 6.45) is 2.38. The highest BCUT2D eigenvalue weighted by Crippen LogP contribution is 2.42. The van der Waals surface area contributed by atoms with Crippen LogP contribution in [0.25, 0.3) is 21.5 Å². The second-order valence-corrected chi connectivity index (χ2v) is 8.50. The first-order chi connectivity index (χ1) is 12.4. The van der Waals surface area contributed by atoms with Crippen LogP contribution in [-0.2, 0) is 5.75 Å². The third kappa shape index (κ3) is 3.03. The zero-order valence-electron chi connectivity index (χ0n) is 13.0. The van der Waals surface area contributed by atoms with E-state index in [0.717, 1.165) is 20.7 Å². The Labute approximate surface area is 155 Å². The van der Waals surface area contributed by atoms with Crippen molar-refractivity contribution < 1.29 is 4.52 Å². The van der Waals surface area contributed by atoms with Gasteiger partial charge >= 0.3 is 0 Å². The average molecular weight is 388 g/mol. The summed E-state index contributed by atoms with van der Waals surface area (Å²) >= 11 is 4.90. The van der Waals surface area contributed by atoms with Gasteiger partial charge in [-0.25, -0.2) is 0 Å². The Balaban J connectivity index is 1.36. The molecule has 4 aromatic heterocycles. The molecule has 5 rings (SSSR count). The molecule has 0 spiro atoms. The van der Waals surface area contributed by atoms with Crippen molar-refractivity contribution in [1.29, 1.82) is 0 Å². The molecule has 6 nitrogen and oxygen atoms in total. The number of hydrogen-bond acceptors (Lipinski definition) is 8. The molecule has 0 N–H and O–H groups in total. The molecule has 0 aliphatic heterocycles. The van der Waals surface area contributed by atoms with Crippen molar-refractivity contribution >= 4 is 34.4 Å². The van der Waals surface area contributed by atoms with Crippen LogP contribution in [0.4, 0.5) is 0 Å². The van der Waals surface area contributed by atoms with Crippen molar-refractivity contribution in [2.45, 2.75) is 29.8 Å². The molecule has 9 heteroatoms. The van der Waals surface area contributed by atoms with Gasteiger partial charge in [0.1, 0.15) is 0 Å². The van der Waals surface area contributed by atoms with E-state index in [1.165, 1.54) is 12.8 Å². The van der Waals surface area contributed by atoms with Crippen molar-refractivity contribution in [2.75, 3.05) is 0 Å². The number of rotatable bonds is 6. The zero-order chi connectivity index (χ0) is 16.6. The maximum atomic E-state index is 5.35. The number of thioether (sulfide) groups is 1. The standard InChI is InChI=1S/C16H13N5OS3/c1-3-11(23-7-1)14-18-19-16(21(14)10-5-6-10)25-9-13-17-15(22-20-13)12-4-2-8-24-12/h1-4,7-8,10H,5-6,9H2. The van der Waals surface area contributed by atoms with Crippen molar-refractivity contribution in [2.24, 2.45) is 0 Å². The Morgan fingerprint density at radius 2 is 1.92 bits per heavy atom. The molecule has 1 fully saturated rings. The van der Waals surface area contributed by atoms with Crippen molar-refractivity contribution in [1.82, 2.24) is 24.9 Å². The van der Waals surface area contributed by atoms with Crippen LogP contribution in [0.1, 0.15) is 24.7 Å². The molecule has 4 aromatic rings. The Morgan fingerprint density at radius 1 is 1.12 bits per heavy atom. The first kappa shape index (κ1) is 15.3. The molecule has 0 saturated heterocycles. The number of aromatic nitrogens is 5. The van der Waals surface area contributed by atoms with E-state index in [9.17, 15) is 0 Å². The van der Waals surface area contributed by atoms with Crippen LogP contribution in [0.5, 0.6) is 0 Å². The molecular weight excluding hydrogens is 374 g/mol. The van der Waals surface area contributed by atoms with Crippen molar-refractivity contribution in [3.8, 4) is 21.5 Å². The van der Waals surface area contributed by atoms with E-state index < -0.39 is 0 Å². The lowest BCUT2D eigenvalue weighted by Gasteiger charge is -2.06. The topological polar surface area (TPSA) is 69.6 Å². The number of thiophene rings is 2. The fourth-order valence-electron chi connectivity index (χ4n) is 2.55. The second kappa shape index (κ2) is 6.40. The van der Waals surface area contributed by atoms with E-state index in [4.69, 9.17) is 4.52 Å². The third-order valence-electron chi connectivity index (χ3n) is 3.85. The Kier molecular flexibility index (Phi) is 3.91. The van der Waals surface area contributed by atoms with Gasteiger partial charge in [-0.3, -0.25) is 4.57 Å².